The number of nitrogens with two attached hydrogens (primary N) is 1. The fourth-order valence-electron chi connectivity index (χ4n) is 2.08. The Morgan fingerprint density at radius 2 is 2.10 bits per heavy atom. The van der Waals surface area contributed by atoms with Crippen LogP contribution in [0, 0.1) is 18.3 Å². The van der Waals surface area contributed by atoms with Crippen molar-refractivity contribution in [1.29, 1.82) is 0 Å². The van der Waals surface area contributed by atoms with E-state index in [0.717, 1.165) is 19.1 Å². The Labute approximate surface area is 125 Å². The van der Waals surface area contributed by atoms with Gasteiger partial charge in [-0.15, -0.1) is 6.42 Å². The molecule has 0 unspecified atom stereocenters. The first kappa shape index (κ1) is 15.4. The van der Waals surface area contributed by atoms with Crippen LogP contribution in [-0.2, 0) is 9.84 Å². The summed E-state index contributed by atoms with van der Waals surface area (Å²) in [6.45, 7) is 0.810. The molecule has 112 valence electrons. The Morgan fingerprint density at radius 1 is 1.43 bits per heavy atom. The van der Waals surface area contributed by atoms with Crippen molar-refractivity contribution >= 4 is 21.4 Å². The van der Waals surface area contributed by atoms with Crippen molar-refractivity contribution in [3.05, 3.63) is 23.8 Å². The number of hydrogen-bond donors (Lipinski definition) is 1. The average molecular weight is 306 g/mol. The molecule has 1 saturated carbocycles. The van der Waals surface area contributed by atoms with Gasteiger partial charge in [0.1, 0.15) is 0 Å². The molecule has 2 rings (SSSR count). The Hall–Kier alpha value is -2.00. The van der Waals surface area contributed by atoms with E-state index in [2.05, 4.69) is 5.92 Å². The largest absolute Gasteiger partial charge is 0.399 e. The highest BCUT2D eigenvalue weighted by Crippen LogP contribution is 2.30. The Kier molecular flexibility index (Phi) is 4.24. The summed E-state index contributed by atoms with van der Waals surface area (Å²) in [5.74, 6) is 2.68. The maximum absolute atomic E-state index is 12.5. The zero-order valence-electron chi connectivity index (χ0n) is 11.9. The maximum atomic E-state index is 12.5. The maximum Gasteiger partial charge on any atom is 0.254 e. The topological polar surface area (TPSA) is 80.5 Å². The van der Waals surface area contributed by atoms with Crippen LogP contribution in [0.15, 0.2) is 23.1 Å². The van der Waals surface area contributed by atoms with E-state index < -0.39 is 9.84 Å². The second-order valence-corrected chi connectivity index (χ2v) is 7.41. The molecule has 0 aromatic heterocycles. The van der Waals surface area contributed by atoms with E-state index in [9.17, 15) is 13.2 Å². The molecule has 0 aliphatic heterocycles. The van der Waals surface area contributed by atoms with Gasteiger partial charge >= 0.3 is 0 Å². The third-order valence-electron chi connectivity index (χ3n) is 3.35. The highest BCUT2D eigenvalue weighted by atomic mass is 32.2. The Morgan fingerprint density at radius 3 is 2.62 bits per heavy atom. The summed E-state index contributed by atoms with van der Waals surface area (Å²) >= 11 is 0. The summed E-state index contributed by atoms with van der Waals surface area (Å²) in [5.41, 5.74) is 6.21. The van der Waals surface area contributed by atoms with Crippen molar-refractivity contribution in [3.63, 3.8) is 0 Å². The fourth-order valence-corrected chi connectivity index (χ4v) is 2.77. The molecule has 0 saturated heterocycles. The molecule has 2 N–H and O–H groups in total. The van der Waals surface area contributed by atoms with Crippen LogP contribution in [0.4, 0.5) is 5.69 Å². The van der Waals surface area contributed by atoms with Crippen molar-refractivity contribution in [2.24, 2.45) is 5.92 Å². The molecule has 0 heterocycles. The number of nitrogen functional groups attached to an aromatic ring is 1. The highest BCUT2D eigenvalue weighted by molar-refractivity contribution is 7.90. The van der Waals surface area contributed by atoms with Crippen LogP contribution in [0.3, 0.4) is 0 Å². The standard InChI is InChI=1S/C15H18N2O3S/c1-3-6-17(10-11-4-5-11)15(18)12-7-13(16)9-14(8-12)21(2,19)20/h1,7-9,11H,4-6,10,16H2,2H3. The summed E-state index contributed by atoms with van der Waals surface area (Å²) < 4.78 is 23.3. The first-order valence-corrected chi connectivity index (χ1v) is 8.54. The molecule has 21 heavy (non-hydrogen) atoms. The summed E-state index contributed by atoms with van der Waals surface area (Å²) in [6, 6.07) is 4.18. The highest BCUT2D eigenvalue weighted by Gasteiger charge is 2.27. The number of carbonyl (C=O) groups is 1. The molecule has 1 aromatic rings. The number of terminal acetylenes is 1. The van der Waals surface area contributed by atoms with E-state index in [4.69, 9.17) is 12.2 Å². The van der Waals surface area contributed by atoms with Gasteiger partial charge in [-0.25, -0.2) is 8.42 Å². The van der Waals surface area contributed by atoms with Gasteiger partial charge in [-0.1, -0.05) is 5.92 Å². The van der Waals surface area contributed by atoms with Gasteiger partial charge in [0.15, 0.2) is 9.84 Å². The lowest BCUT2D eigenvalue weighted by Gasteiger charge is -2.20. The predicted molar refractivity (Wildman–Crippen MR) is 81.4 cm³/mol. The van der Waals surface area contributed by atoms with Crippen molar-refractivity contribution in [3.8, 4) is 12.3 Å². The second-order valence-electron chi connectivity index (χ2n) is 5.40. The molecule has 6 heteroatoms. The number of anilines is 1. The first-order chi connectivity index (χ1) is 9.81. The van der Waals surface area contributed by atoms with Crippen LogP contribution in [0.5, 0.6) is 0 Å². The lowest BCUT2D eigenvalue weighted by Crippen LogP contribution is -2.33. The van der Waals surface area contributed by atoms with E-state index >= 15 is 0 Å². The minimum Gasteiger partial charge on any atom is -0.399 e. The van der Waals surface area contributed by atoms with Crippen molar-refractivity contribution in [2.45, 2.75) is 17.7 Å². The van der Waals surface area contributed by atoms with Gasteiger partial charge in [-0.05, 0) is 37.0 Å². The summed E-state index contributed by atoms with van der Waals surface area (Å²) in [7, 11) is -3.42. The van der Waals surface area contributed by atoms with Crippen molar-refractivity contribution in [2.75, 3.05) is 25.1 Å². The van der Waals surface area contributed by atoms with Crippen LogP contribution >= 0.6 is 0 Å². The predicted octanol–water partition coefficient (Wildman–Crippen LogP) is 1.16. The molecule has 0 spiro atoms. The molecule has 1 aromatic carbocycles. The Balaban J connectivity index is 2.32. The van der Waals surface area contributed by atoms with E-state index in [1.54, 1.807) is 4.90 Å². The average Bonchev–Trinajstić information content (AvgIpc) is 3.19. The molecule has 5 nitrogen and oxygen atoms in total. The van der Waals surface area contributed by atoms with E-state index in [0.29, 0.717) is 12.5 Å². The number of rotatable bonds is 5. The van der Waals surface area contributed by atoms with E-state index in [-0.39, 0.29) is 28.6 Å². The number of benzene rings is 1. The minimum absolute atomic E-state index is 0.0397. The van der Waals surface area contributed by atoms with Gasteiger partial charge in [0, 0.05) is 24.1 Å². The van der Waals surface area contributed by atoms with Crippen molar-refractivity contribution in [1.82, 2.24) is 4.90 Å². The van der Waals surface area contributed by atoms with Gasteiger partial charge in [-0.3, -0.25) is 4.79 Å². The monoisotopic (exact) mass is 306 g/mol. The lowest BCUT2D eigenvalue weighted by molar-refractivity contribution is 0.0769. The number of sulfone groups is 1. The first-order valence-electron chi connectivity index (χ1n) is 6.64. The van der Waals surface area contributed by atoms with Gasteiger partial charge in [0.25, 0.3) is 5.91 Å². The third-order valence-corrected chi connectivity index (χ3v) is 4.44. The summed E-state index contributed by atoms with van der Waals surface area (Å²) in [4.78, 5) is 14.1. The zero-order chi connectivity index (χ0) is 15.6. The van der Waals surface area contributed by atoms with Crippen LogP contribution in [0.1, 0.15) is 23.2 Å². The van der Waals surface area contributed by atoms with Gasteiger partial charge in [0.2, 0.25) is 0 Å². The number of carbonyl (C=O) groups excluding carboxylic acids is 1. The van der Waals surface area contributed by atoms with Gasteiger partial charge in [-0.2, -0.15) is 0 Å². The normalized spacial score (nSPS) is 14.5. The molecule has 1 aliphatic rings. The molecule has 1 fully saturated rings. The number of hydrogen-bond acceptors (Lipinski definition) is 4. The van der Waals surface area contributed by atoms with Crippen LogP contribution in [0.25, 0.3) is 0 Å². The fraction of sp³-hybridized carbons (Fsp3) is 0.400. The SMILES string of the molecule is C#CCN(CC1CC1)C(=O)c1cc(N)cc(S(C)(=O)=O)c1. The second kappa shape index (κ2) is 5.78. The number of nitrogens with zero attached hydrogens (tertiary/aromatic N) is 1. The summed E-state index contributed by atoms with van der Waals surface area (Å²) in [6.07, 6.45) is 8.58. The smallest absolute Gasteiger partial charge is 0.254 e. The van der Waals surface area contributed by atoms with E-state index in [1.165, 1.54) is 18.2 Å². The van der Waals surface area contributed by atoms with Gasteiger partial charge in [0.05, 0.1) is 11.4 Å². The molecule has 1 amide bonds. The lowest BCUT2D eigenvalue weighted by atomic mass is 10.1. The molecular formula is C15H18N2O3S. The molecule has 0 radical (unpaired) electrons. The molecule has 0 atom stereocenters. The number of amides is 1. The van der Waals surface area contributed by atoms with E-state index in [1.807, 2.05) is 0 Å². The van der Waals surface area contributed by atoms with Crippen molar-refractivity contribution < 1.29 is 13.2 Å². The Bertz CT molecular complexity index is 700. The third kappa shape index (κ3) is 3.99. The molecule has 0 bridgehead atoms. The quantitative estimate of drug-likeness (QED) is 0.654. The van der Waals surface area contributed by atoms with Crippen LogP contribution in [-0.4, -0.2) is 38.6 Å². The molecular weight excluding hydrogens is 288 g/mol. The minimum atomic E-state index is -3.42. The van der Waals surface area contributed by atoms with Crippen LogP contribution in [0.2, 0.25) is 0 Å². The summed E-state index contributed by atoms with van der Waals surface area (Å²) in [5, 5.41) is 0. The van der Waals surface area contributed by atoms with Gasteiger partial charge < -0.3 is 10.6 Å². The van der Waals surface area contributed by atoms with Crippen LogP contribution < -0.4 is 5.73 Å². The zero-order valence-corrected chi connectivity index (χ0v) is 12.7. The molecule has 1 aliphatic carbocycles.